The summed E-state index contributed by atoms with van der Waals surface area (Å²) in [6.45, 7) is 4.81. The summed E-state index contributed by atoms with van der Waals surface area (Å²) in [5, 5.41) is 6.32. The van der Waals surface area contributed by atoms with Gasteiger partial charge in [0.05, 0.1) is 19.3 Å². The maximum Gasteiger partial charge on any atom is 0.227 e. The molecule has 1 aromatic rings. The van der Waals surface area contributed by atoms with E-state index in [1.54, 1.807) is 0 Å². The Kier molecular flexibility index (Phi) is 5.48. The van der Waals surface area contributed by atoms with E-state index in [-0.39, 0.29) is 23.9 Å². The molecule has 3 rings (SSSR count). The molecule has 0 aromatic heterocycles. The van der Waals surface area contributed by atoms with Crippen LogP contribution in [0.25, 0.3) is 0 Å². The van der Waals surface area contributed by atoms with Crippen LogP contribution in [-0.2, 0) is 14.3 Å². The van der Waals surface area contributed by atoms with E-state index in [0.29, 0.717) is 26.1 Å². The van der Waals surface area contributed by atoms with E-state index in [9.17, 15) is 9.59 Å². The number of morpholine rings is 1. The van der Waals surface area contributed by atoms with Crippen LogP contribution in [0.3, 0.4) is 0 Å². The van der Waals surface area contributed by atoms with Crippen LogP contribution >= 0.6 is 0 Å². The minimum Gasteiger partial charge on any atom is -0.378 e. The number of hydrogen-bond donors (Lipinski definition) is 2. The highest BCUT2D eigenvalue weighted by Crippen LogP contribution is 2.24. The molecule has 2 saturated heterocycles. The Bertz CT molecular complexity index is 599. The van der Waals surface area contributed by atoms with Gasteiger partial charge in [-0.2, -0.15) is 0 Å². The second-order valence-corrected chi connectivity index (χ2v) is 6.46. The van der Waals surface area contributed by atoms with E-state index < -0.39 is 0 Å². The van der Waals surface area contributed by atoms with Crippen molar-refractivity contribution in [2.45, 2.75) is 38.3 Å². The predicted molar refractivity (Wildman–Crippen MR) is 91.8 cm³/mol. The van der Waals surface area contributed by atoms with Gasteiger partial charge in [0.15, 0.2) is 0 Å². The largest absolute Gasteiger partial charge is 0.378 e. The summed E-state index contributed by atoms with van der Waals surface area (Å²) >= 11 is 0. The van der Waals surface area contributed by atoms with Gasteiger partial charge in [0, 0.05) is 37.7 Å². The van der Waals surface area contributed by atoms with Crippen molar-refractivity contribution in [1.82, 2.24) is 10.6 Å². The van der Waals surface area contributed by atoms with E-state index in [1.807, 2.05) is 36.1 Å². The summed E-state index contributed by atoms with van der Waals surface area (Å²) in [7, 11) is 0. The van der Waals surface area contributed by atoms with Gasteiger partial charge >= 0.3 is 0 Å². The average Bonchev–Trinajstić information content (AvgIpc) is 3.02. The van der Waals surface area contributed by atoms with E-state index in [0.717, 1.165) is 30.8 Å². The zero-order chi connectivity index (χ0) is 16.9. The number of nitrogens with zero attached hydrogens (tertiary/aromatic N) is 1. The molecule has 0 spiro atoms. The lowest BCUT2D eigenvalue weighted by Gasteiger charge is -2.24. The minimum atomic E-state index is -0.0975. The highest BCUT2D eigenvalue weighted by Gasteiger charge is 2.23. The standard InChI is InChI=1S/C18H25N3O3/c1-13(20-17(22)11-15-12-24-9-7-19-15)14-4-2-5-16(10-14)21-8-3-6-18(21)23/h2,4-5,10,13,15,19H,3,6-9,11-12H2,1H3,(H,20,22). The monoisotopic (exact) mass is 331 g/mol. The maximum atomic E-state index is 12.2. The van der Waals surface area contributed by atoms with Crippen molar-refractivity contribution >= 4 is 17.5 Å². The van der Waals surface area contributed by atoms with Crippen LogP contribution in [-0.4, -0.2) is 44.2 Å². The van der Waals surface area contributed by atoms with Gasteiger partial charge < -0.3 is 20.3 Å². The maximum absolute atomic E-state index is 12.2. The van der Waals surface area contributed by atoms with Crippen LogP contribution < -0.4 is 15.5 Å². The predicted octanol–water partition coefficient (Wildman–Crippen LogP) is 1.37. The lowest BCUT2D eigenvalue weighted by Crippen LogP contribution is -2.44. The molecular formula is C18H25N3O3. The first-order valence-electron chi connectivity index (χ1n) is 8.64. The van der Waals surface area contributed by atoms with Crippen molar-refractivity contribution in [2.24, 2.45) is 0 Å². The molecule has 2 amide bonds. The fourth-order valence-corrected chi connectivity index (χ4v) is 3.24. The molecule has 0 bridgehead atoms. The van der Waals surface area contributed by atoms with Gasteiger partial charge in [0.1, 0.15) is 0 Å². The average molecular weight is 331 g/mol. The van der Waals surface area contributed by atoms with Gasteiger partial charge in [-0.1, -0.05) is 12.1 Å². The van der Waals surface area contributed by atoms with Gasteiger partial charge in [-0.05, 0) is 31.0 Å². The lowest BCUT2D eigenvalue weighted by atomic mass is 10.1. The number of amides is 2. The SMILES string of the molecule is CC(NC(=O)CC1COCCN1)c1cccc(N2CCCC2=O)c1. The molecule has 24 heavy (non-hydrogen) atoms. The Morgan fingerprint density at radius 1 is 1.50 bits per heavy atom. The third kappa shape index (κ3) is 4.13. The minimum absolute atomic E-state index is 0.00755. The fourth-order valence-electron chi connectivity index (χ4n) is 3.24. The summed E-state index contributed by atoms with van der Waals surface area (Å²) in [5.41, 5.74) is 1.92. The third-order valence-corrected chi connectivity index (χ3v) is 4.56. The topological polar surface area (TPSA) is 70.7 Å². The van der Waals surface area contributed by atoms with Crippen LogP contribution in [0.1, 0.15) is 37.8 Å². The number of benzene rings is 1. The summed E-state index contributed by atoms with van der Waals surface area (Å²) in [6, 6.07) is 7.85. The van der Waals surface area contributed by atoms with Crippen LogP contribution in [0.4, 0.5) is 5.69 Å². The number of rotatable bonds is 5. The fraction of sp³-hybridized carbons (Fsp3) is 0.556. The van der Waals surface area contributed by atoms with E-state index in [4.69, 9.17) is 4.74 Å². The molecule has 6 nitrogen and oxygen atoms in total. The number of nitrogens with one attached hydrogen (secondary N) is 2. The Balaban J connectivity index is 1.59. The molecule has 0 radical (unpaired) electrons. The summed E-state index contributed by atoms with van der Waals surface area (Å²) in [6.07, 6.45) is 1.94. The van der Waals surface area contributed by atoms with Gasteiger partial charge in [-0.15, -0.1) is 0 Å². The highest BCUT2D eigenvalue weighted by atomic mass is 16.5. The second-order valence-electron chi connectivity index (χ2n) is 6.46. The van der Waals surface area contributed by atoms with E-state index >= 15 is 0 Å². The molecule has 2 aliphatic rings. The molecular weight excluding hydrogens is 306 g/mol. The number of carbonyl (C=O) groups excluding carboxylic acids is 2. The Morgan fingerprint density at radius 3 is 3.08 bits per heavy atom. The van der Waals surface area contributed by atoms with Crippen molar-refractivity contribution in [3.63, 3.8) is 0 Å². The molecule has 1 aromatic carbocycles. The highest BCUT2D eigenvalue weighted by molar-refractivity contribution is 5.95. The van der Waals surface area contributed by atoms with E-state index in [2.05, 4.69) is 10.6 Å². The first kappa shape index (κ1) is 16.9. The first-order chi connectivity index (χ1) is 11.6. The van der Waals surface area contributed by atoms with Crippen molar-refractivity contribution in [2.75, 3.05) is 31.2 Å². The third-order valence-electron chi connectivity index (χ3n) is 4.56. The number of carbonyl (C=O) groups is 2. The Labute approximate surface area is 142 Å². The molecule has 2 unspecified atom stereocenters. The zero-order valence-electron chi connectivity index (χ0n) is 14.1. The van der Waals surface area contributed by atoms with Gasteiger partial charge in [0.25, 0.3) is 0 Å². The smallest absolute Gasteiger partial charge is 0.227 e. The quantitative estimate of drug-likeness (QED) is 0.855. The summed E-state index contributed by atoms with van der Waals surface area (Å²) < 4.78 is 5.38. The lowest BCUT2D eigenvalue weighted by molar-refractivity contribution is -0.123. The van der Waals surface area contributed by atoms with Crippen molar-refractivity contribution in [3.8, 4) is 0 Å². The van der Waals surface area contributed by atoms with E-state index in [1.165, 1.54) is 0 Å². The summed E-state index contributed by atoms with van der Waals surface area (Å²) in [5.74, 6) is 0.181. The number of anilines is 1. The van der Waals surface area contributed by atoms with Crippen LogP contribution in [0.15, 0.2) is 24.3 Å². The summed E-state index contributed by atoms with van der Waals surface area (Å²) in [4.78, 5) is 25.9. The van der Waals surface area contributed by atoms with Crippen LogP contribution in [0.2, 0.25) is 0 Å². The van der Waals surface area contributed by atoms with Gasteiger partial charge in [-0.25, -0.2) is 0 Å². The first-order valence-corrected chi connectivity index (χ1v) is 8.64. The molecule has 0 saturated carbocycles. The molecule has 2 fully saturated rings. The van der Waals surface area contributed by atoms with Gasteiger partial charge in [-0.3, -0.25) is 9.59 Å². The van der Waals surface area contributed by atoms with Crippen molar-refractivity contribution in [1.29, 1.82) is 0 Å². The van der Waals surface area contributed by atoms with Crippen molar-refractivity contribution in [3.05, 3.63) is 29.8 Å². The molecule has 6 heteroatoms. The molecule has 0 aliphatic carbocycles. The Morgan fingerprint density at radius 2 is 2.38 bits per heavy atom. The second kappa shape index (κ2) is 7.77. The van der Waals surface area contributed by atoms with Gasteiger partial charge in [0.2, 0.25) is 11.8 Å². The number of ether oxygens (including phenoxy) is 1. The van der Waals surface area contributed by atoms with Crippen LogP contribution in [0.5, 0.6) is 0 Å². The molecule has 2 atom stereocenters. The van der Waals surface area contributed by atoms with Crippen molar-refractivity contribution < 1.29 is 14.3 Å². The van der Waals surface area contributed by atoms with Crippen LogP contribution in [0, 0.1) is 0 Å². The number of hydrogen-bond acceptors (Lipinski definition) is 4. The Hall–Kier alpha value is -1.92. The molecule has 130 valence electrons. The zero-order valence-corrected chi connectivity index (χ0v) is 14.1. The molecule has 2 aliphatic heterocycles. The molecule has 2 N–H and O–H groups in total. The molecule has 2 heterocycles. The normalized spacial score (nSPS) is 22.5.